The molecule has 0 aromatic heterocycles. The van der Waals surface area contributed by atoms with E-state index < -0.39 is 31.9 Å². The molecule has 0 radical (unpaired) electrons. The summed E-state index contributed by atoms with van der Waals surface area (Å²) in [5.74, 6) is -1.37. The van der Waals surface area contributed by atoms with Gasteiger partial charge in [-0.05, 0) is 42.3 Å². The Morgan fingerprint density at radius 1 is 1.11 bits per heavy atom. The molecular weight excluding hydrogens is 388 g/mol. The van der Waals surface area contributed by atoms with Crippen LogP contribution in [-0.4, -0.2) is 28.5 Å². The van der Waals surface area contributed by atoms with Gasteiger partial charge < -0.3 is 0 Å². The lowest BCUT2D eigenvalue weighted by molar-refractivity contribution is -0.119. The number of nitrogens with one attached hydrogen (secondary N) is 1. The summed E-state index contributed by atoms with van der Waals surface area (Å²) in [6, 6.07) is 12.7. The van der Waals surface area contributed by atoms with E-state index in [1.807, 2.05) is 31.2 Å². The number of carbonyl (C=O) groups excluding carboxylic acids is 1. The number of carbonyl (C=O) groups is 1. The Balaban J connectivity index is 1.80. The van der Waals surface area contributed by atoms with Gasteiger partial charge in [0, 0.05) is 6.54 Å². The molecule has 0 bridgehead atoms. The third-order valence-corrected chi connectivity index (χ3v) is 7.74. The normalized spacial score (nSPS) is 19.4. The van der Waals surface area contributed by atoms with Crippen LogP contribution in [0.2, 0.25) is 0 Å². The first-order valence-corrected chi connectivity index (χ1v) is 11.4. The van der Waals surface area contributed by atoms with Gasteiger partial charge in [0.2, 0.25) is 26.0 Å². The summed E-state index contributed by atoms with van der Waals surface area (Å²) in [6.07, 6.45) is 0. The third-order valence-electron chi connectivity index (χ3n) is 4.46. The molecule has 2 aromatic carbocycles. The number of amides is 1. The fraction of sp³-hybridized carbons (Fsp3) is 0.278. The number of hydrogen-bond acceptors (Lipinski definition) is 5. The van der Waals surface area contributed by atoms with Crippen molar-refractivity contribution < 1.29 is 21.6 Å². The number of anilines is 1. The molecule has 144 valence electrons. The first-order valence-electron chi connectivity index (χ1n) is 8.33. The fourth-order valence-corrected chi connectivity index (χ4v) is 5.74. The van der Waals surface area contributed by atoms with Crippen LogP contribution < -0.4 is 9.03 Å². The van der Waals surface area contributed by atoms with E-state index in [9.17, 15) is 21.6 Å². The Hall–Kier alpha value is -2.23. The monoisotopic (exact) mass is 408 g/mol. The van der Waals surface area contributed by atoms with Gasteiger partial charge in [-0.15, -0.1) is 0 Å². The number of sulfonamides is 2. The van der Waals surface area contributed by atoms with Gasteiger partial charge in [-0.1, -0.05) is 31.2 Å². The number of nitrogens with zero attached hydrogens (tertiary/aromatic N) is 1. The second-order valence-corrected chi connectivity index (χ2v) is 10.2. The average Bonchev–Trinajstić information content (AvgIpc) is 2.81. The smallest absolute Gasteiger partial charge is 0.244 e. The minimum atomic E-state index is -3.77. The van der Waals surface area contributed by atoms with Gasteiger partial charge in [-0.2, -0.15) is 0 Å². The number of hydrogen-bond donors (Lipinski definition) is 1. The summed E-state index contributed by atoms with van der Waals surface area (Å²) in [4.78, 5) is 12.1. The van der Waals surface area contributed by atoms with Crippen molar-refractivity contribution in [1.82, 2.24) is 4.72 Å². The molecule has 1 atom stereocenters. The van der Waals surface area contributed by atoms with Gasteiger partial charge in [-0.3, -0.25) is 4.79 Å². The number of aryl methyl sites for hydroxylation is 1. The van der Waals surface area contributed by atoms with Gasteiger partial charge in [0.15, 0.2) is 0 Å². The first kappa shape index (κ1) is 19.5. The standard InChI is InChI=1S/C18H20N2O5S2/c1-13-5-3-4-6-15(13)11-19-27(24,25)17-9-7-16(8-10-17)20-18(21)14(2)12-26(20,22)23/h3-10,14,19H,11-12H2,1-2H3/t14-/m0/s1. The highest BCUT2D eigenvalue weighted by Gasteiger charge is 2.41. The largest absolute Gasteiger partial charge is 0.273 e. The lowest BCUT2D eigenvalue weighted by Gasteiger charge is -2.16. The van der Waals surface area contributed by atoms with E-state index in [1.165, 1.54) is 24.3 Å². The Morgan fingerprint density at radius 3 is 2.30 bits per heavy atom. The van der Waals surface area contributed by atoms with Crippen molar-refractivity contribution in [3.05, 3.63) is 59.7 Å². The van der Waals surface area contributed by atoms with Crippen molar-refractivity contribution in [1.29, 1.82) is 0 Å². The van der Waals surface area contributed by atoms with E-state index in [0.717, 1.165) is 15.4 Å². The van der Waals surface area contributed by atoms with Crippen LogP contribution in [0.4, 0.5) is 5.69 Å². The summed E-state index contributed by atoms with van der Waals surface area (Å²) < 4.78 is 52.5. The lowest BCUT2D eigenvalue weighted by atomic mass is 10.1. The highest BCUT2D eigenvalue weighted by molar-refractivity contribution is 7.94. The summed E-state index contributed by atoms with van der Waals surface area (Å²) >= 11 is 0. The van der Waals surface area contributed by atoms with Gasteiger partial charge in [0.05, 0.1) is 22.3 Å². The van der Waals surface area contributed by atoms with Crippen molar-refractivity contribution in [3.63, 3.8) is 0 Å². The van der Waals surface area contributed by atoms with Gasteiger partial charge in [0.1, 0.15) is 0 Å². The third kappa shape index (κ3) is 3.90. The molecule has 1 fully saturated rings. The van der Waals surface area contributed by atoms with Gasteiger partial charge in [0.25, 0.3) is 0 Å². The van der Waals surface area contributed by atoms with Crippen molar-refractivity contribution in [3.8, 4) is 0 Å². The van der Waals surface area contributed by atoms with Crippen LogP contribution in [0.15, 0.2) is 53.4 Å². The molecule has 1 N–H and O–H groups in total. The molecule has 1 aliphatic heterocycles. The predicted molar refractivity (Wildman–Crippen MR) is 102 cm³/mol. The van der Waals surface area contributed by atoms with E-state index in [-0.39, 0.29) is 22.9 Å². The summed E-state index contributed by atoms with van der Waals surface area (Å²) in [5.41, 5.74) is 1.98. The Bertz CT molecular complexity index is 1080. The molecule has 1 heterocycles. The molecule has 9 heteroatoms. The Labute approximate surface area is 159 Å². The van der Waals surface area contributed by atoms with Crippen LogP contribution >= 0.6 is 0 Å². The van der Waals surface area contributed by atoms with Gasteiger partial charge >= 0.3 is 0 Å². The molecule has 1 aliphatic rings. The topological polar surface area (TPSA) is 101 Å². The van der Waals surface area contributed by atoms with E-state index in [0.29, 0.717) is 0 Å². The molecule has 27 heavy (non-hydrogen) atoms. The summed E-state index contributed by atoms with van der Waals surface area (Å²) in [6.45, 7) is 3.59. The zero-order valence-corrected chi connectivity index (χ0v) is 16.5. The second-order valence-electron chi connectivity index (χ2n) is 6.53. The minimum Gasteiger partial charge on any atom is -0.273 e. The fourth-order valence-electron chi connectivity index (χ4n) is 2.91. The van der Waals surface area contributed by atoms with Gasteiger partial charge in [-0.25, -0.2) is 25.9 Å². The van der Waals surface area contributed by atoms with E-state index in [4.69, 9.17) is 0 Å². The van der Waals surface area contributed by atoms with E-state index in [2.05, 4.69) is 4.72 Å². The molecule has 2 aromatic rings. The summed E-state index contributed by atoms with van der Waals surface area (Å²) in [5, 5.41) is 0. The van der Waals surface area contributed by atoms with Crippen molar-refractivity contribution in [2.75, 3.05) is 10.1 Å². The molecular formula is C18H20N2O5S2. The number of benzene rings is 2. The molecule has 1 amide bonds. The van der Waals surface area contributed by atoms with Crippen molar-refractivity contribution >= 4 is 31.6 Å². The highest BCUT2D eigenvalue weighted by Crippen LogP contribution is 2.29. The lowest BCUT2D eigenvalue weighted by Crippen LogP contribution is -2.30. The maximum Gasteiger partial charge on any atom is 0.244 e. The Kier molecular flexibility index (Phi) is 5.11. The zero-order valence-electron chi connectivity index (χ0n) is 14.9. The highest BCUT2D eigenvalue weighted by atomic mass is 32.2. The SMILES string of the molecule is Cc1ccccc1CNS(=O)(=O)c1ccc(N2C(=O)[C@@H](C)CS2(=O)=O)cc1. The van der Waals surface area contributed by atoms with Crippen LogP contribution in [-0.2, 0) is 31.4 Å². The molecule has 1 saturated heterocycles. The Morgan fingerprint density at radius 2 is 1.74 bits per heavy atom. The molecule has 0 spiro atoms. The molecule has 0 aliphatic carbocycles. The van der Waals surface area contributed by atoms with Crippen molar-refractivity contribution in [2.45, 2.75) is 25.3 Å². The minimum absolute atomic E-state index is 0.00285. The predicted octanol–water partition coefficient (Wildman–Crippen LogP) is 1.79. The van der Waals surface area contributed by atoms with Crippen LogP contribution in [0.3, 0.4) is 0 Å². The van der Waals surface area contributed by atoms with E-state index >= 15 is 0 Å². The first-order chi connectivity index (χ1) is 12.6. The molecule has 3 rings (SSSR count). The molecule has 0 unspecified atom stereocenters. The van der Waals surface area contributed by atoms with Crippen LogP contribution in [0.5, 0.6) is 0 Å². The maximum absolute atomic E-state index is 12.5. The average molecular weight is 409 g/mol. The summed E-state index contributed by atoms with van der Waals surface area (Å²) in [7, 11) is -7.49. The number of rotatable bonds is 5. The van der Waals surface area contributed by atoms with E-state index in [1.54, 1.807) is 6.92 Å². The van der Waals surface area contributed by atoms with Crippen LogP contribution in [0, 0.1) is 12.8 Å². The van der Waals surface area contributed by atoms with Crippen LogP contribution in [0.25, 0.3) is 0 Å². The second kappa shape index (κ2) is 7.06. The quantitative estimate of drug-likeness (QED) is 0.813. The maximum atomic E-state index is 12.5. The van der Waals surface area contributed by atoms with Crippen molar-refractivity contribution in [2.24, 2.45) is 5.92 Å². The zero-order chi connectivity index (χ0) is 19.8. The van der Waals surface area contributed by atoms with Crippen LogP contribution in [0.1, 0.15) is 18.1 Å². The molecule has 7 nitrogen and oxygen atoms in total. The molecule has 0 saturated carbocycles.